The number of benzene rings is 3. The van der Waals surface area contributed by atoms with Crippen molar-refractivity contribution in [2.45, 2.75) is 13.8 Å². The summed E-state index contributed by atoms with van der Waals surface area (Å²) in [6, 6.07) is 17.1. The molecule has 3 aromatic rings. The topological polar surface area (TPSA) is 91.4 Å². The standard InChI is InChI=1S/C29H26ClNO7S/c1-4-36-24-16-19(15-23(30)26(24)38-28(33)20-7-11-21(35-3)12-8-20)17-25-27(32)31(29(34)39-25)13-14-37-22-9-5-18(2)6-10-22/h5-12,15-17H,4,13-14H2,1-3H3/b25-17-. The number of nitrogens with zero attached hydrogens (tertiary/aromatic N) is 1. The fourth-order valence-electron chi connectivity index (χ4n) is 3.65. The van der Waals surface area contributed by atoms with Crippen molar-refractivity contribution in [1.82, 2.24) is 4.90 Å². The summed E-state index contributed by atoms with van der Waals surface area (Å²) in [4.78, 5) is 39.5. The Morgan fingerprint density at radius 3 is 2.36 bits per heavy atom. The van der Waals surface area contributed by atoms with E-state index in [1.54, 1.807) is 43.3 Å². The molecular formula is C29H26ClNO7S. The first-order valence-electron chi connectivity index (χ1n) is 12.1. The highest BCUT2D eigenvalue weighted by Gasteiger charge is 2.35. The van der Waals surface area contributed by atoms with Gasteiger partial charge in [0.05, 0.1) is 35.8 Å². The monoisotopic (exact) mass is 567 g/mol. The van der Waals surface area contributed by atoms with Gasteiger partial charge in [0.15, 0.2) is 11.5 Å². The summed E-state index contributed by atoms with van der Waals surface area (Å²) in [5, 5.41) is -0.278. The summed E-state index contributed by atoms with van der Waals surface area (Å²) in [5.41, 5.74) is 1.92. The molecule has 0 atom stereocenters. The lowest BCUT2D eigenvalue weighted by atomic mass is 10.1. The summed E-state index contributed by atoms with van der Waals surface area (Å²) in [6.45, 7) is 4.32. The maximum Gasteiger partial charge on any atom is 0.343 e. The first-order valence-corrected chi connectivity index (χ1v) is 13.3. The van der Waals surface area contributed by atoms with Gasteiger partial charge in [-0.25, -0.2) is 4.79 Å². The minimum Gasteiger partial charge on any atom is -0.497 e. The SMILES string of the molecule is CCOc1cc(/C=C2\SC(=O)N(CCOc3ccc(C)cc3)C2=O)cc(Cl)c1OC(=O)c1ccc(OC)cc1. The van der Waals surface area contributed by atoms with Crippen molar-refractivity contribution in [1.29, 1.82) is 0 Å². The zero-order valence-corrected chi connectivity index (χ0v) is 23.1. The van der Waals surface area contributed by atoms with E-state index < -0.39 is 11.9 Å². The molecule has 4 rings (SSSR count). The maximum absolute atomic E-state index is 12.9. The Morgan fingerprint density at radius 2 is 1.69 bits per heavy atom. The minimum atomic E-state index is -0.623. The van der Waals surface area contributed by atoms with E-state index in [0.717, 1.165) is 22.2 Å². The summed E-state index contributed by atoms with van der Waals surface area (Å²) in [7, 11) is 1.53. The molecule has 1 saturated heterocycles. The zero-order valence-electron chi connectivity index (χ0n) is 21.6. The molecule has 0 unspecified atom stereocenters. The Kier molecular flexibility index (Phi) is 9.16. The van der Waals surface area contributed by atoms with Crippen LogP contribution in [0, 0.1) is 6.92 Å². The van der Waals surface area contributed by atoms with Crippen LogP contribution in [-0.4, -0.2) is 48.9 Å². The number of hydrogen-bond acceptors (Lipinski definition) is 8. The zero-order chi connectivity index (χ0) is 27.9. The van der Waals surface area contributed by atoms with Crippen LogP contribution in [0.15, 0.2) is 65.6 Å². The largest absolute Gasteiger partial charge is 0.497 e. The predicted molar refractivity (Wildman–Crippen MR) is 150 cm³/mol. The second-order valence-corrected chi connectivity index (χ2v) is 9.78. The fraction of sp³-hybridized carbons (Fsp3) is 0.207. The average Bonchev–Trinajstić information content (AvgIpc) is 3.19. The maximum atomic E-state index is 12.9. The average molecular weight is 568 g/mol. The molecule has 202 valence electrons. The van der Waals surface area contributed by atoms with Crippen molar-refractivity contribution in [3.8, 4) is 23.0 Å². The highest BCUT2D eigenvalue weighted by molar-refractivity contribution is 8.18. The van der Waals surface area contributed by atoms with E-state index in [0.29, 0.717) is 22.6 Å². The van der Waals surface area contributed by atoms with Gasteiger partial charge in [0.25, 0.3) is 11.1 Å². The number of hydrogen-bond donors (Lipinski definition) is 0. The van der Waals surface area contributed by atoms with Gasteiger partial charge in [-0.1, -0.05) is 29.3 Å². The molecule has 0 aromatic heterocycles. The molecule has 0 N–H and O–H groups in total. The van der Waals surface area contributed by atoms with Crippen molar-refractivity contribution in [3.63, 3.8) is 0 Å². The Labute approximate surface area is 235 Å². The van der Waals surface area contributed by atoms with Gasteiger partial charge in [0, 0.05) is 0 Å². The van der Waals surface area contributed by atoms with E-state index in [-0.39, 0.29) is 46.4 Å². The molecule has 0 aliphatic carbocycles. The second-order valence-electron chi connectivity index (χ2n) is 8.38. The van der Waals surface area contributed by atoms with Crippen LogP contribution in [0.4, 0.5) is 4.79 Å². The van der Waals surface area contributed by atoms with Crippen LogP contribution < -0.4 is 18.9 Å². The molecule has 10 heteroatoms. The van der Waals surface area contributed by atoms with Crippen LogP contribution >= 0.6 is 23.4 Å². The van der Waals surface area contributed by atoms with Crippen LogP contribution in [0.1, 0.15) is 28.4 Å². The lowest BCUT2D eigenvalue weighted by Crippen LogP contribution is -2.32. The van der Waals surface area contributed by atoms with Gasteiger partial charge in [-0.05, 0) is 85.8 Å². The molecule has 39 heavy (non-hydrogen) atoms. The number of aryl methyl sites for hydroxylation is 1. The Morgan fingerprint density at radius 1 is 1.00 bits per heavy atom. The fourth-order valence-corrected chi connectivity index (χ4v) is 4.77. The number of esters is 1. The number of rotatable bonds is 10. The van der Waals surface area contributed by atoms with Crippen LogP contribution in [-0.2, 0) is 4.79 Å². The van der Waals surface area contributed by atoms with Gasteiger partial charge in [0.2, 0.25) is 0 Å². The van der Waals surface area contributed by atoms with Crippen LogP contribution in [0.5, 0.6) is 23.0 Å². The van der Waals surface area contributed by atoms with Gasteiger partial charge < -0.3 is 18.9 Å². The Bertz CT molecular complexity index is 1400. The van der Waals surface area contributed by atoms with Crippen LogP contribution in [0.2, 0.25) is 5.02 Å². The molecular weight excluding hydrogens is 542 g/mol. The molecule has 1 aliphatic rings. The first-order chi connectivity index (χ1) is 18.8. The van der Waals surface area contributed by atoms with Gasteiger partial charge in [-0.3, -0.25) is 14.5 Å². The lowest BCUT2D eigenvalue weighted by molar-refractivity contribution is -0.123. The number of ether oxygens (including phenoxy) is 4. The van der Waals surface area contributed by atoms with Gasteiger partial charge in [-0.15, -0.1) is 0 Å². The van der Waals surface area contributed by atoms with Crippen molar-refractivity contribution in [2.24, 2.45) is 0 Å². The summed E-state index contributed by atoms with van der Waals surface area (Å²) in [5.74, 6) is 0.492. The molecule has 0 radical (unpaired) electrons. The Balaban J connectivity index is 1.48. The van der Waals surface area contributed by atoms with Crippen molar-refractivity contribution < 1.29 is 33.3 Å². The third kappa shape index (κ3) is 6.93. The van der Waals surface area contributed by atoms with Crippen LogP contribution in [0.3, 0.4) is 0 Å². The highest BCUT2D eigenvalue weighted by atomic mass is 35.5. The number of carbonyl (C=O) groups is 3. The molecule has 0 spiro atoms. The normalized spacial score (nSPS) is 14.1. The van der Waals surface area contributed by atoms with Gasteiger partial charge >= 0.3 is 5.97 Å². The molecule has 3 aromatic carbocycles. The molecule has 1 heterocycles. The number of carbonyl (C=O) groups excluding carboxylic acids is 3. The van der Waals surface area contributed by atoms with Gasteiger partial charge in [0.1, 0.15) is 18.1 Å². The summed E-state index contributed by atoms with van der Waals surface area (Å²) < 4.78 is 22.0. The number of imide groups is 1. The van der Waals surface area contributed by atoms with E-state index in [1.807, 2.05) is 31.2 Å². The number of amides is 2. The quantitative estimate of drug-likeness (QED) is 0.158. The highest BCUT2D eigenvalue weighted by Crippen LogP contribution is 2.39. The van der Waals surface area contributed by atoms with Gasteiger partial charge in [-0.2, -0.15) is 0 Å². The van der Waals surface area contributed by atoms with E-state index in [4.69, 9.17) is 30.5 Å². The first kappa shape index (κ1) is 28.1. The smallest absolute Gasteiger partial charge is 0.343 e. The lowest BCUT2D eigenvalue weighted by Gasteiger charge is -2.14. The van der Waals surface area contributed by atoms with E-state index in [9.17, 15) is 14.4 Å². The molecule has 2 amide bonds. The third-order valence-electron chi connectivity index (χ3n) is 5.63. The summed E-state index contributed by atoms with van der Waals surface area (Å²) >= 11 is 7.30. The Hall–Kier alpha value is -3.95. The molecule has 1 aliphatic heterocycles. The van der Waals surface area contributed by atoms with Crippen molar-refractivity contribution in [3.05, 3.63) is 87.3 Å². The molecule has 0 bridgehead atoms. The number of halogens is 1. The predicted octanol–water partition coefficient (Wildman–Crippen LogP) is 6.39. The summed E-state index contributed by atoms with van der Waals surface area (Å²) in [6.07, 6.45) is 1.55. The molecule has 0 saturated carbocycles. The second kappa shape index (κ2) is 12.7. The molecule has 8 nitrogen and oxygen atoms in total. The third-order valence-corrected chi connectivity index (χ3v) is 6.82. The van der Waals surface area contributed by atoms with Crippen LogP contribution in [0.25, 0.3) is 6.08 Å². The molecule has 1 fully saturated rings. The van der Waals surface area contributed by atoms with E-state index >= 15 is 0 Å². The van der Waals surface area contributed by atoms with E-state index in [1.165, 1.54) is 13.2 Å². The number of methoxy groups -OCH3 is 1. The van der Waals surface area contributed by atoms with Crippen molar-refractivity contribution in [2.75, 3.05) is 26.9 Å². The number of thioether (sulfide) groups is 1. The van der Waals surface area contributed by atoms with Crippen molar-refractivity contribution >= 4 is 46.6 Å². The minimum absolute atomic E-state index is 0.0536. The van der Waals surface area contributed by atoms with E-state index in [2.05, 4.69) is 0 Å².